The van der Waals surface area contributed by atoms with Gasteiger partial charge in [-0.1, -0.05) is 20.8 Å². The summed E-state index contributed by atoms with van der Waals surface area (Å²) in [5.41, 5.74) is 1.59. The number of likely N-dealkylation sites (tertiary alicyclic amines) is 1. The van der Waals surface area contributed by atoms with Crippen LogP contribution in [0.3, 0.4) is 0 Å². The number of rotatable bonds is 3. The van der Waals surface area contributed by atoms with Crippen LogP contribution in [0.15, 0.2) is 17.4 Å². The van der Waals surface area contributed by atoms with Gasteiger partial charge in [-0.05, 0) is 25.7 Å². The van der Waals surface area contributed by atoms with E-state index in [0.29, 0.717) is 13.0 Å². The Morgan fingerprint density at radius 1 is 1.18 bits per heavy atom. The van der Waals surface area contributed by atoms with E-state index in [1.165, 1.54) is 0 Å². The highest BCUT2D eigenvalue weighted by Gasteiger charge is 2.44. The van der Waals surface area contributed by atoms with Crippen molar-refractivity contribution in [2.75, 3.05) is 13.1 Å². The van der Waals surface area contributed by atoms with Crippen molar-refractivity contribution in [3.63, 3.8) is 0 Å². The van der Waals surface area contributed by atoms with E-state index in [1.807, 2.05) is 9.47 Å². The molecule has 2 aromatic heterocycles. The second-order valence-electron chi connectivity index (χ2n) is 9.10. The zero-order chi connectivity index (χ0) is 19.9. The zero-order valence-corrected chi connectivity index (χ0v) is 16.9. The summed E-state index contributed by atoms with van der Waals surface area (Å²) in [4.78, 5) is 35.0. The van der Waals surface area contributed by atoms with Crippen molar-refractivity contribution in [3.05, 3.63) is 40.1 Å². The van der Waals surface area contributed by atoms with E-state index in [4.69, 9.17) is 4.98 Å². The number of amides is 1. The van der Waals surface area contributed by atoms with Crippen molar-refractivity contribution in [1.29, 1.82) is 0 Å². The Hall–Kier alpha value is -2.51. The summed E-state index contributed by atoms with van der Waals surface area (Å²) in [6.45, 7) is 8.24. The maximum Gasteiger partial charge on any atom is 0.254 e. The van der Waals surface area contributed by atoms with Gasteiger partial charge in [0.05, 0.1) is 5.69 Å². The molecule has 1 aliphatic carbocycles. The highest BCUT2D eigenvalue weighted by atomic mass is 16.2. The number of hydrogen-bond donors (Lipinski definition) is 1. The van der Waals surface area contributed by atoms with Gasteiger partial charge in [0.15, 0.2) is 0 Å². The van der Waals surface area contributed by atoms with E-state index < -0.39 is 0 Å². The molecule has 0 aromatic carbocycles. The number of piperidine rings is 1. The van der Waals surface area contributed by atoms with Gasteiger partial charge in [-0.3, -0.25) is 9.59 Å². The minimum Gasteiger partial charge on any atom is -0.343 e. The van der Waals surface area contributed by atoms with Gasteiger partial charge >= 0.3 is 0 Å². The van der Waals surface area contributed by atoms with E-state index in [0.717, 1.165) is 55.9 Å². The molecular weight excluding hydrogens is 356 g/mol. The highest BCUT2D eigenvalue weighted by Crippen LogP contribution is 2.44. The number of aromatic nitrogens is 5. The van der Waals surface area contributed by atoms with E-state index in [-0.39, 0.29) is 22.3 Å². The van der Waals surface area contributed by atoms with Gasteiger partial charge in [-0.15, -0.1) is 10.2 Å². The first kappa shape index (κ1) is 18.8. The van der Waals surface area contributed by atoms with Gasteiger partial charge < -0.3 is 14.5 Å². The molecule has 2 aliphatic rings. The Bertz CT molecular complexity index is 917. The van der Waals surface area contributed by atoms with Gasteiger partial charge in [0.1, 0.15) is 18.5 Å². The summed E-state index contributed by atoms with van der Waals surface area (Å²) in [6, 6.07) is 0. The summed E-state index contributed by atoms with van der Waals surface area (Å²) in [5.74, 6) is 0.918. The standard InChI is InChI=1S/C20H28N6O2/c1-19(2,3)18-23-16-14(17(28)24-18)4-6-20(16)7-10-26(11-8-20)15(27)5-9-25-12-21-22-13-25/h12-13H,4-11H2,1-3H3,(H,23,24,28). The van der Waals surface area contributed by atoms with Crippen molar-refractivity contribution in [3.8, 4) is 0 Å². The van der Waals surface area contributed by atoms with Crippen LogP contribution in [0.1, 0.15) is 63.5 Å². The smallest absolute Gasteiger partial charge is 0.254 e. The van der Waals surface area contributed by atoms with Crippen LogP contribution in [0.4, 0.5) is 0 Å². The van der Waals surface area contributed by atoms with Gasteiger partial charge in [-0.2, -0.15) is 0 Å². The third-order valence-electron chi connectivity index (χ3n) is 6.21. The van der Waals surface area contributed by atoms with Gasteiger partial charge in [-0.25, -0.2) is 4.98 Å². The maximum absolute atomic E-state index is 12.6. The van der Waals surface area contributed by atoms with Crippen molar-refractivity contribution in [1.82, 2.24) is 29.6 Å². The van der Waals surface area contributed by atoms with Crippen molar-refractivity contribution < 1.29 is 4.79 Å². The summed E-state index contributed by atoms with van der Waals surface area (Å²) in [7, 11) is 0. The van der Waals surface area contributed by atoms with E-state index >= 15 is 0 Å². The molecule has 2 aromatic rings. The fraction of sp³-hybridized carbons (Fsp3) is 0.650. The molecule has 4 rings (SSSR count). The van der Waals surface area contributed by atoms with Crippen molar-refractivity contribution in [2.45, 2.75) is 70.3 Å². The average Bonchev–Trinajstić information content (AvgIpc) is 3.29. The largest absolute Gasteiger partial charge is 0.343 e. The van der Waals surface area contributed by atoms with Crippen LogP contribution in [0.5, 0.6) is 0 Å². The molecule has 1 N–H and O–H groups in total. The van der Waals surface area contributed by atoms with Crippen molar-refractivity contribution >= 4 is 5.91 Å². The second-order valence-corrected chi connectivity index (χ2v) is 9.10. The number of carbonyl (C=O) groups excluding carboxylic acids is 1. The lowest BCUT2D eigenvalue weighted by molar-refractivity contribution is -0.133. The fourth-order valence-electron chi connectivity index (χ4n) is 4.40. The first-order valence-corrected chi connectivity index (χ1v) is 10.0. The molecular formula is C20H28N6O2. The lowest BCUT2D eigenvalue weighted by Gasteiger charge is -2.39. The van der Waals surface area contributed by atoms with Crippen LogP contribution >= 0.6 is 0 Å². The van der Waals surface area contributed by atoms with Gasteiger partial charge in [0, 0.05) is 42.4 Å². The Morgan fingerprint density at radius 3 is 2.50 bits per heavy atom. The Morgan fingerprint density at radius 2 is 1.86 bits per heavy atom. The predicted molar refractivity (Wildman–Crippen MR) is 104 cm³/mol. The molecule has 1 fully saturated rings. The third-order valence-corrected chi connectivity index (χ3v) is 6.21. The molecule has 28 heavy (non-hydrogen) atoms. The minimum absolute atomic E-state index is 0.0132. The molecule has 0 atom stereocenters. The molecule has 0 bridgehead atoms. The van der Waals surface area contributed by atoms with E-state index in [1.54, 1.807) is 12.7 Å². The third kappa shape index (κ3) is 3.36. The first-order valence-electron chi connectivity index (χ1n) is 10.0. The van der Waals surface area contributed by atoms with Crippen LogP contribution in [0.25, 0.3) is 0 Å². The minimum atomic E-state index is -0.198. The molecule has 8 nitrogen and oxygen atoms in total. The molecule has 3 heterocycles. The number of nitrogens with one attached hydrogen (secondary N) is 1. The number of H-pyrrole nitrogens is 1. The second kappa shape index (κ2) is 6.83. The van der Waals surface area contributed by atoms with Gasteiger partial charge in [0.2, 0.25) is 5.91 Å². The average molecular weight is 384 g/mol. The molecule has 150 valence electrons. The molecule has 1 saturated heterocycles. The number of carbonyl (C=O) groups is 1. The monoisotopic (exact) mass is 384 g/mol. The quantitative estimate of drug-likeness (QED) is 0.866. The topological polar surface area (TPSA) is 96.8 Å². The maximum atomic E-state index is 12.6. The Kier molecular flexibility index (Phi) is 4.59. The molecule has 8 heteroatoms. The van der Waals surface area contributed by atoms with Crippen LogP contribution in [-0.4, -0.2) is 48.6 Å². The normalized spacial score (nSPS) is 18.5. The van der Waals surface area contributed by atoms with Crippen LogP contribution in [-0.2, 0) is 28.6 Å². The lowest BCUT2D eigenvalue weighted by Crippen LogP contribution is -2.45. The Labute approximate surface area is 164 Å². The molecule has 1 amide bonds. The zero-order valence-electron chi connectivity index (χ0n) is 16.9. The SMILES string of the molecule is CC(C)(C)c1nc2c(c(=O)[nH]1)CCC21CCN(C(=O)CCn2cnnc2)CC1. The highest BCUT2D eigenvalue weighted by molar-refractivity contribution is 5.76. The fourth-order valence-corrected chi connectivity index (χ4v) is 4.40. The summed E-state index contributed by atoms with van der Waals surface area (Å²) < 4.78 is 1.82. The van der Waals surface area contributed by atoms with Crippen LogP contribution in [0, 0.1) is 0 Å². The van der Waals surface area contributed by atoms with E-state index in [9.17, 15) is 9.59 Å². The molecule has 1 aliphatic heterocycles. The number of aromatic amines is 1. The number of aryl methyl sites for hydroxylation is 1. The van der Waals surface area contributed by atoms with Crippen LogP contribution < -0.4 is 5.56 Å². The molecule has 1 spiro atoms. The Balaban J connectivity index is 1.47. The number of hydrogen-bond acceptors (Lipinski definition) is 5. The predicted octanol–water partition coefficient (Wildman–Crippen LogP) is 1.56. The molecule has 0 saturated carbocycles. The first-order chi connectivity index (χ1) is 13.3. The summed E-state index contributed by atoms with van der Waals surface area (Å²) in [6.07, 6.45) is 7.19. The number of nitrogens with zero attached hydrogens (tertiary/aromatic N) is 5. The molecule has 0 unspecified atom stereocenters. The van der Waals surface area contributed by atoms with E-state index in [2.05, 4.69) is 36.0 Å². The number of fused-ring (bicyclic) bond motifs is 2. The lowest BCUT2D eigenvalue weighted by atomic mass is 9.76. The summed E-state index contributed by atoms with van der Waals surface area (Å²) >= 11 is 0. The van der Waals surface area contributed by atoms with Crippen LogP contribution in [0.2, 0.25) is 0 Å². The van der Waals surface area contributed by atoms with Crippen molar-refractivity contribution in [2.24, 2.45) is 0 Å². The molecule has 0 radical (unpaired) electrons. The summed E-state index contributed by atoms with van der Waals surface area (Å²) in [5, 5.41) is 7.53. The van der Waals surface area contributed by atoms with Gasteiger partial charge in [0.25, 0.3) is 5.56 Å².